The molecule has 4 fully saturated rings. The van der Waals surface area contributed by atoms with Crippen LogP contribution in [0.3, 0.4) is 0 Å². The van der Waals surface area contributed by atoms with Gasteiger partial charge >= 0.3 is 5.97 Å². The summed E-state index contributed by atoms with van der Waals surface area (Å²) in [4.78, 5) is 25.9. The molecule has 3 saturated carbocycles. The Balaban J connectivity index is 1.02. The molecule has 1 aliphatic heterocycles. The van der Waals surface area contributed by atoms with Crippen LogP contribution in [0.15, 0.2) is 66.9 Å². The van der Waals surface area contributed by atoms with Crippen LogP contribution in [0.5, 0.6) is 11.5 Å². The standard InChI is InChI=1S/C45H48Cl2FN5O5/c1-52(45-15-12-44(13-16-45,14-17-45)43(55)56)25-29-18-36(46)28(21-39(29)57-2)26-53-38-9-5-7-32(34(38)24-50-53)33-8-4-6-31(42(33)47)27-19-37(48)35(40(20-27)58-3)23-49-22-30-10-11-41(54)51-30/h4-9,18-21,24,30,49H,10-17,22-23,25-26H2,1-3H3,(H,51,54)(H,55,56)/t30-,44?,45?/m0/s1. The van der Waals surface area contributed by atoms with Gasteiger partial charge in [0.25, 0.3) is 0 Å². The van der Waals surface area contributed by atoms with Crippen LogP contribution in [-0.2, 0) is 29.2 Å². The number of fused-ring (bicyclic) bond motifs is 4. The number of benzene rings is 4. The zero-order valence-corrected chi connectivity index (χ0v) is 34.5. The van der Waals surface area contributed by atoms with E-state index < -0.39 is 17.2 Å². The highest BCUT2D eigenvalue weighted by Crippen LogP contribution is 2.55. The van der Waals surface area contributed by atoms with E-state index in [0.717, 1.165) is 64.6 Å². The summed E-state index contributed by atoms with van der Waals surface area (Å²) in [5, 5.41) is 22.8. The lowest BCUT2D eigenvalue weighted by Crippen LogP contribution is -2.56. The molecule has 1 aromatic heterocycles. The van der Waals surface area contributed by atoms with E-state index in [1.807, 2.05) is 59.4 Å². The Labute approximate surface area is 347 Å². The molecule has 1 atom stereocenters. The van der Waals surface area contributed by atoms with Crippen molar-refractivity contribution in [3.8, 4) is 33.8 Å². The molecule has 4 aromatic carbocycles. The van der Waals surface area contributed by atoms with Crippen molar-refractivity contribution in [3.05, 3.63) is 99.4 Å². The topological polar surface area (TPSA) is 118 Å². The minimum Gasteiger partial charge on any atom is -0.496 e. The number of rotatable bonds is 14. The molecule has 0 radical (unpaired) electrons. The minimum atomic E-state index is -0.651. The Morgan fingerprint density at radius 1 is 0.983 bits per heavy atom. The van der Waals surface area contributed by atoms with E-state index in [0.29, 0.717) is 77.8 Å². The quantitative estimate of drug-likeness (QED) is 0.102. The zero-order chi connectivity index (χ0) is 40.8. The number of nitrogens with zero attached hydrogens (tertiary/aromatic N) is 3. The molecule has 9 rings (SSSR count). The third-order valence-electron chi connectivity index (χ3n) is 13.1. The van der Waals surface area contributed by atoms with E-state index in [2.05, 4.69) is 22.6 Å². The van der Waals surface area contributed by atoms with Gasteiger partial charge in [0.15, 0.2) is 0 Å². The lowest BCUT2D eigenvalue weighted by atomic mass is 9.57. The maximum Gasteiger partial charge on any atom is 0.309 e. The first-order valence-electron chi connectivity index (χ1n) is 19.8. The van der Waals surface area contributed by atoms with Crippen LogP contribution in [0.1, 0.15) is 68.1 Å². The molecule has 13 heteroatoms. The molecule has 1 saturated heterocycles. The first kappa shape index (κ1) is 40.1. The molecule has 0 unspecified atom stereocenters. The molecule has 2 bridgehead atoms. The van der Waals surface area contributed by atoms with Crippen molar-refractivity contribution in [1.82, 2.24) is 25.3 Å². The molecule has 4 aliphatic rings. The molecule has 3 N–H and O–H groups in total. The second kappa shape index (κ2) is 16.2. The summed E-state index contributed by atoms with van der Waals surface area (Å²) in [6.07, 6.45) is 7.86. The molecular formula is C45H48Cl2FN5O5. The third-order valence-corrected chi connectivity index (χ3v) is 13.8. The van der Waals surface area contributed by atoms with E-state index in [1.165, 1.54) is 13.2 Å². The molecule has 0 spiro atoms. The van der Waals surface area contributed by atoms with E-state index in [-0.39, 0.29) is 24.0 Å². The van der Waals surface area contributed by atoms with E-state index in [1.54, 1.807) is 13.2 Å². The number of aliphatic carboxylic acids is 1. The van der Waals surface area contributed by atoms with Crippen LogP contribution in [0, 0.1) is 11.2 Å². The number of nitrogens with one attached hydrogen (secondary N) is 2. The summed E-state index contributed by atoms with van der Waals surface area (Å²) < 4.78 is 29.2. The number of carbonyl (C=O) groups is 2. The van der Waals surface area contributed by atoms with Crippen LogP contribution in [-0.4, -0.2) is 71.1 Å². The number of aromatic nitrogens is 2. The van der Waals surface area contributed by atoms with E-state index in [4.69, 9.17) is 37.8 Å². The van der Waals surface area contributed by atoms with Crippen molar-refractivity contribution in [2.24, 2.45) is 5.41 Å². The first-order chi connectivity index (χ1) is 27.9. The normalized spacial score (nSPS) is 21.5. The predicted molar refractivity (Wildman–Crippen MR) is 224 cm³/mol. The molecule has 10 nitrogen and oxygen atoms in total. The fourth-order valence-electron chi connectivity index (χ4n) is 9.46. The van der Waals surface area contributed by atoms with Gasteiger partial charge in [0, 0.05) is 70.3 Å². The second-order valence-corrected chi connectivity index (χ2v) is 17.0. The highest BCUT2D eigenvalue weighted by molar-refractivity contribution is 6.36. The molecule has 2 heterocycles. The lowest BCUT2D eigenvalue weighted by Gasteiger charge is -2.55. The summed E-state index contributed by atoms with van der Waals surface area (Å²) in [5.74, 6) is 0.125. The van der Waals surface area contributed by atoms with Gasteiger partial charge < -0.3 is 25.2 Å². The molecule has 58 heavy (non-hydrogen) atoms. The first-order valence-corrected chi connectivity index (χ1v) is 20.6. The molecule has 1 amide bonds. The second-order valence-electron chi connectivity index (χ2n) is 16.2. The van der Waals surface area contributed by atoms with Gasteiger partial charge in [-0.3, -0.25) is 19.2 Å². The van der Waals surface area contributed by atoms with Gasteiger partial charge in [-0.1, -0.05) is 53.5 Å². The number of carboxylic acids is 1. The minimum absolute atomic E-state index is 0.0237. The Kier molecular flexibility index (Phi) is 11.2. The zero-order valence-electron chi connectivity index (χ0n) is 33.0. The van der Waals surface area contributed by atoms with Crippen LogP contribution < -0.4 is 20.1 Å². The van der Waals surface area contributed by atoms with Crippen molar-refractivity contribution in [1.29, 1.82) is 0 Å². The smallest absolute Gasteiger partial charge is 0.309 e. The summed E-state index contributed by atoms with van der Waals surface area (Å²) in [6.45, 7) is 1.83. The fourth-order valence-corrected chi connectivity index (χ4v) is 10.0. The number of ether oxygens (including phenoxy) is 2. The number of halogens is 3. The average Bonchev–Trinajstić information content (AvgIpc) is 3.85. The predicted octanol–water partition coefficient (Wildman–Crippen LogP) is 8.86. The van der Waals surface area contributed by atoms with Crippen molar-refractivity contribution in [2.75, 3.05) is 27.8 Å². The molecule has 3 aliphatic carbocycles. The number of hydrogen-bond acceptors (Lipinski definition) is 7. The Morgan fingerprint density at radius 2 is 1.69 bits per heavy atom. The van der Waals surface area contributed by atoms with Gasteiger partial charge in [0.1, 0.15) is 17.3 Å². The van der Waals surface area contributed by atoms with Gasteiger partial charge in [0.2, 0.25) is 5.91 Å². The summed E-state index contributed by atoms with van der Waals surface area (Å²) >= 11 is 14.2. The van der Waals surface area contributed by atoms with Crippen LogP contribution in [0.2, 0.25) is 10.0 Å². The number of carbonyl (C=O) groups excluding carboxylic acids is 1. The largest absolute Gasteiger partial charge is 0.496 e. The lowest BCUT2D eigenvalue weighted by molar-refractivity contribution is -0.160. The molecule has 304 valence electrons. The Morgan fingerprint density at radius 3 is 2.38 bits per heavy atom. The van der Waals surface area contributed by atoms with Gasteiger partial charge in [-0.05, 0) is 99.0 Å². The maximum atomic E-state index is 15.7. The monoisotopic (exact) mass is 827 g/mol. The van der Waals surface area contributed by atoms with Crippen molar-refractivity contribution >= 4 is 46.0 Å². The van der Waals surface area contributed by atoms with Crippen LogP contribution >= 0.6 is 23.2 Å². The number of hydrogen-bond donors (Lipinski definition) is 3. The van der Waals surface area contributed by atoms with Gasteiger partial charge in [-0.25, -0.2) is 4.39 Å². The number of amides is 1. The van der Waals surface area contributed by atoms with Gasteiger partial charge in [-0.15, -0.1) is 0 Å². The Hall–Kier alpha value is -4.68. The third kappa shape index (κ3) is 7.42. The van der Waals surface area contributed by atoms with Gasteiger partial charge in [-0.2, -0.15) is 5.10 Å². The Bertz CT molecular complexity index is 2380. The molecular weight excluding hydrogens is 780 g/mol. The van der Waals surface area contributed by atoms with Crippen molar-refractivity contribution in [3.63, 3.8) is 0 Å². The van der Waals surface area contributed by atoms with E-state index in [9.17, 15) is 14.7 Å². The van der Waals surface area contributed by atoms with Crippen LogP contribution in [0.25, 0.3) is 33.2 Å². The van der Waals surface area contributed by atoms with Crippen LogP contribution in [0.4, 0.5) is 4.39 Å². The fraction of sp³-hybridized carbons (Fsp3) is 0.400. The SMILES string of the molecule is COc1cc(Cn2ncc3c(-c4cccc(-c5cc(F)c(CNC[C@@H]6CCC(=O)N6)c(OC)c5)c4Cl)cccc32)c(Cl)cc1CN(C)C12CCC(C(=O)O)(CC1)CC2. The average molecular weight is 829 g/mol. The number of methoxy groups -OCH3 is 2. The van der Waals surface area contributed by atoms with Crippen molar-refractivity contribution in [2.45, 2.75) is 82.6 Å². The molecule has 5 aromatic rings. The summed E-state index contributed by atoms with van der Waals surface area (Å²) in [7, 11) is 5.32. The summed E-state index contributed by atoms with van der Waals surface area (Å²) in [5.41, 5.74) is 5.48. The highest BCUT2D eigenvalue weighted by atomic mass is 35.5. The maximum absolute atomic E-state index is 15.7. The highest BCUT2D eigenvalue weighted by Gasteiger charge is 2.54. The van der Waals surface area contributed by atoms with E-state index >= 15 is 4.39 Å². The number of carboxylic acid groups (broad SMARTS) is 1. The summed E-state index contributed by atoms with van der Waals surface area (Å²) in [6, 6.07) is 19.0. The van der Waals surface area contributed by atoms with Gasteiger partial charge in [0.05, 0.1) is 42.9 Å². The van der Waals surface area contributed by atoms with Crippen molar-refractivity contribution < 1.29 is 28.6 Å².